The molecule has 122 valence electrons. The van der Waals surface area contributed by atoms with Crippen molar-refractivity contribution in [3.05, 3.63) is 52.0 Å². The first-order valence-corrected chi connectivity index (χ1v) is 8.29. The molecule has 0 saturated carbocycles. The van der Waals surface area contributed by atoms with Gasteiger partial charge in [0.1, 0.15) is 4.88 Å². The van der Waals surface area contributed by atoms with E-state index in [0.29, 0.717) is 10.4 Å². The Morgan fingerprint density at radius 2 is 1.96 bits per heavy atom. The smallest absolute Gasteiger partial charge is 0.334 e. The van der Waals surface area contributed by atoms with E-state index >= 15 is 0 Å². The van der Waals surface area contributed by atoms with Crippen LogP contribution in [0.25, 0.3) is 0 Å². The van der Waals surface area contributed by atoms with Crippen LogP contribution in [0, 0.1) is 0 Å². The van der Waals surface area contributed by atoms with Crippen molar-refractivity contribution >= 4 is 23.2 Å². The first-order valence-electron chi connectivity index (χ1n) is 7.48. The molecule has 0 radical (unpaired) electrons. The number of carbonyl (C=O) groups is 2. The zero-order chi connectivity index (χ0) is 17.0. The van der Waals surface area contributed by atoms with E-state index < -0.39 is 17.4 Å². The molecule has 23 heavy (non-hydrogen) atoms. The van der Waals surface area contributed by atoms with Gasteiger partial charge in [-0.25, -0.2) is 9.78 Å². The van der Waals surface area contributed by atoms with Crippen molar-refractivity contribution in [1.82, 2.24) is 10.3 Å². The average molecular weight is 332 g/mol. The summed E-state index contributed by atoms with van der Waals surface area (Å²) >= 11 is 1.29. The van der Waals surface area contributed by atoms with E-state index in [1.165, 1.54) is 17.5 Å². The van der Waals surface area contributed by atoms with Gasteiger partial charge < -0.3 is 10.4 Å². The van der Waals surface area contributed by atoms with Gasteiger partial charge in [0.2, 0.25) is 0 Å². The van der Waals surface area contributed by atoms with Gasteiger partial charge >= 0.3 is 5.97 Å². The summed E-state index contributed by atoms with van der Waals surface area (Å²) in [7, 11) is 0. The normalized spacial score (nSPS) is 13.6. The molecule has 6 heteroatoms. The van der Waals surface area contributed by atoms with E-state index in [-0.39, 0.29) is 12.3 Å². The lowest BCUT2D eigenvalue weighted by Crippen LogP contribution is -2.51. The molecule has 0 aliphatic rings. The molecule has 0 bridgehead atoms. The van der Waals surface area contributed by atoms with Crippen molar-refractivity contribution in [3.63, 3.8) is 0 Å². The summed E-state index contributed by atoms with van der Waals surface area (Å²) in [6.07, 6.45) is 1.75. The number of nitrogens with zero attached hydrogens (tertiary/aromatic N) is 1. The fourth-order valence-corrected chi connectivity index (χ4v) is 3.15. The second kappa shape index (κ2) is 6.91. The number of carbonyl (C=O) groups excluding carboxylic acids is 1. The molecule has 1 amide bonds. The Morgan fingerprint density at radius 3 is 2.43 bits per heavy atom. The van der Waals surface area contributed by atoms with Crippen molar-refractivity contribution in [1.29, 1.82) is 0 Å². The molecular formula is C17H20N2O3S. The van der Waals surface area contributed by atoms with Crippen LogP contribution in [0.4, 0.5) is 0 Å². The molecule has 0 spiro atoms. The summed E-state index contributed by atoms with van der Waals surface area (Å²) in [5, 5.41) is 13.3. The van der Waals surface area contributed by atoms with Gasteiger partial charge in [0.15, 0.2) is 5.54 Å². The maximum atomic E-state index is 12.5. The van der Waals surface area contributed by atoms with E-state index in [1.54, 1.807) is 31.2 Å². The summed E-state index contributed by atoms with van der Waals surface area (Å²) in [4.78, 5) is 29.1. The third-order valence-corrected chi connectivity index (χ3v) is 5.03. The summed E-state index contributed by atoms with van der Waals surface area (Å²) in [6, 6.07) is 8.76. The molecule has 5 nitrogen and oxygen atoms in total. The first kappa shape index (κ1) is 17.1. The highest BCUT2D eigenvalue weighted by Crippen LogP contribution is 2.27. The Balaban J connectivity index is 2.34. The summed E-state index contributed by atoms with van der Waals surface area (Å²) in [5.41, 5.74) is -0.891. The van der Waals surface area contributed by atoms with Gasteiger partial charge in [-0.1, -0.05) is 51.1 Å². The quantitative estimate of drug-likeness (QED) is 0.850. The van der Waals surface area contributed by atoms with Gasteiger partial charge in [-0.15, -0.1) is 11.3 Å². The summed E-state index contributed by atoms with van der Waals surface area (Å²) in [5.74, 6) is -1.26. The van der Waals surface area contributed by atoms with Crippen molar-refractivity contribution in [2.24, 2.45) is 0 Å². The highest BCUT2D eigenvalue weighted by Gasteiger charge is 2.40. The third kappa shape index (κ3) is 3.42. The van der Waals surface area contributed by atoms with Crippen LogP contribution in [0.5, 0.6) is 0 Å². The lowest BCUT2D eigenvalue weighted by Gasteiger charge is -2.29. The number of hydrogen-bond acceptors (Lipinski definition) is 4. The number of amides is 1. The first-order chi connectivity index (χ1) is 10.9. The Bertz CT molecular complexity index is 697. The summed E-state index contributed by atoms with van der Waals surface area (Å²) < 4.78 is 0. The van der Waals surface area contributed by atoms with Crippen LogP contribution in [0.3, 0.4) is 0 Å². The molecule has 0 aliphatic carbocycles. The molecule has 1 aromatic carbocycles. The maximum absolute atomic E-state index is 12.5. The Morgan fingerprint density at radius 1 is 1.30 bits per heavy atom. The van der Waals surface area contributed by atoms with E-state index in [4.69, 9.17) is 0 Å². The van der Waals surface area contributed by atoms with Crippen LogP contribution in [-0.2, 0) is 10.3 Å². The average Bonchev–Trinajstić information content (AvgIpc) is 3.03. The molecule has 1 aromatic heterocycles. The fourth-order valence-electron chi connectivity index (χ4n) is 2.33. The SMILES string of the molecule is CCC(NC(=O)c1cnc(C(C)C)s1)(C(=O)O)c1ccccc1. The number of hydrogen-bond donors (Lipinski definition) is 2. The minimum atomic E-state index is -1.44. The van der Waals surface area contributed by atoms with Gasteiger partial charge in [0, 0.05) is 5.92 Å². The monoisotopic (exact) mass is 332 g/mol. The number of thiazole rings is 1. The second-order valence-electron chi connectivity index (χ2n) is 5.60. The largest absolute Gasteiger partial charge is 0.479 e. The van der Waals surface area contributed by atoms with E-state index in [0.717, 1.165) is 5.01 Å². The van der Waals surface area contributed by atoms with E-state index in [2.05, 4.69) is 10.3 Å². The topological polar surface area (TPSA) is 79.3 Å². The number of carboxylic acid groups (broad SMARTS) is 1. The Hall–Kier alpha value is -2.21. The van der Waals surface area contributed by atoms with Crippen LogP contribution >= 0.6 is 11.3 Å². The third-order valence-electron chi connectivity index (χ3n) is 3.73. The molecular weight excluding hydrogens is 312 g/mol. The predicted molar refractivity (Wildman–Crippen MR) is 89.7 cm³/mol. The number of rotatable bonds is 6. The van der Waals surface area contributed by atoms with Crippen molar-refractivity contribution in [2.75, 3.05) is 0 Å². The van der Waals surface area contributed by atoms with Crippen molar-refractivity contribution < 1.29 is 14.7 Å². The minimum Gasteiger partial charge on any atom is -0.479 e. The number of carboxylic acids is 1. The standard InChI is InChI=1S/C17H20N2O3S/c1-4-17(16(21)22,12-8-6-5-7-9-12)19-14(20)13-10-18-15(23-13)11(2)3/h5-11H,4H2,1-3H3,(H,19,20)(H,21,22). The molecule has 1 unspecified atom stereocenters. The second-order valence-corrected chi connectivity index (χ2v) is 6.66. The van der Waals surface area contributed by atoms with E-state index in [1.807, 2.05) is 19.9 Å². The molecule has 2 aromatic rings. The Labute approximate surface area is 139 Å². The lowest BCUT2D eigenvalue weighted by atomic mass is 9.87. The minimum absolute atomic E-state index is 0.228. The molecule has 0 aliphatic heterocycles. The predicted octanol–water partition coefficient (Wildman–Crippen LogP) is 3.39. The number of nitrogens with one attached hydrogen (secondary N) is 1. The van der Waals surface area contributed by atoms with Crippen LogP contribution < -0.4 is 5.32 Å². The highest BCUT2D eigenvalue weighted by molar-refractivity contribution is 7.13. The summed E-state index contributed by atoms with van der Waals surface area (Å²) in [6.45, 7) is 5.74. The van der Waals surface area contributed by atoms with Crippen LogP contribution in [0.1, 0.15) is 53.4 Å². The number of aromatic nitrogens is 1. The van der Waals surface area contributed by atoms with Gasteiger partial charge in [0.25, 0.3) is 5.91 Å². The van der Waals surface area contributed by atoms with Crippen LogP contribution in [0.15, 0.2) is 36.5 Å². The fraction of sp³-hybridized carbons (Fsp3) is 0.353. The molecule has 1 atom stereocenters. The molecule has 0 fully saturated rings. The zero-order valence-corrected chi connectivity index (χ0v) is 14.2. The molecule has 2 rings (SSSR count). The molecule has 0 saturated heterocycles. The van der Waals surface area contributed by atoms with Crippen molar-refractivity contribution in [2.45, 2.75) is 38.6 Å². The number of aliphatic carboxylic acids is 1. The lowest BCUT2D eigenvalue weighted by molar-refractivity contribution is -0.145. The van der Waals surface area contributed by atoms with E-state index in [9.17, 15) is 14.7 Å². The highest BCUT2D eigenvalue weighted by atomic mass is 32.1. The van der Waals surface area contributed by atoms with Gasteiger partial charge in [-0.3, -0.25) is 4.79 Å². The zero-order valence-electron chi connectivity index (χ0n) is 13.4. The Kier molecular flexibility index (Phi) is 5.15. The van der Waals surface area contributed by atoms with Gasteiger partial charge in [-0.05, 0) is 12.0 Å². The number of benzene rings is 1. The maximum Gasteiger partial charge on any atom is 0.334 e. The van der Waals surface area contributed by atoms with Crippen molar-refractivity contribution in [3.8, 4) is 0 Å². The van der Waals surface area contributed by atoms with Gasteiger partial charge in [0.05, 0.1) is 11.2 Å². The molecule has 1 heterocycles. The van der Waals surface area contributed by atoms with Crippen LogP contribution in [-0.4, -0.2) is 22.0 Å². The molecule has 2 N–H and O–H groups in total. The van der Waals surface area contributed by atoms with Gasteiger partial charge in [-0.2, -0.15) is 0 Å². The van der Waals surface area contributed by atoms with Crippen LogP contribution in [0.2, 0.25) is 0 Å².